The average molecular weight is 355 g/mol. The fraction of sp³-hybridized carbons (Fsp3) is 0.579. The van der Waals surface area contributed by atoms with Gasteiger partial charge in [-0.2, -0.15) is 5.10 Å². The van der Waals surface area contributed by atoms with E-state index in [9.17, 15) is 9.59 Å². The van der Waals surface area contributed by atoms with Crippen molar-refractivity contribution in [2.75, 3.05) is 13.1 Å². The molecule has 1 saturated heterocycles. The second-order valence-corrected chi connectivity index (χ2v) is 7.59. The Morgan fingerprint density at radius 2 is 2.00 bits per heavy atom. The Morgan fingerprint density at radius 3 is 2.73 bits per heavy atom. The minimum atomic E-state index is -0.110. The number of aromatic nitrogens is 3. The zero-order valence-corrected chi connectivity index (χ0v) is 15.6. The molecule has 26 heavy (non-hydrogen) atoms. The maximum absolute atomic E-state index is 13.3. The van der Waals surface area contributed by atoms with Crippen LogP contribution < -0.4 is 5.32 Å². The van der Waals surface area contributed by atoms with Crippen molar-refractivity contribution in [1.82, 2.24) is 25.0 Å². The van der Waals surface area contributed by atoms with E-state index in [0.717, 1.165) is 48.1 Å². The lowest BCUT2D eigenvalue weighted by Crippen LogP contribution is -2.46. The summed E-state index contributed by atoms with van der Waals surface area (Å²) < 4.78 is 1.72. The second kappa shape index (κ2) is 6.37. The Labute approximate surface area is 152 Å². The number of nitrogens with one attached hydrogen (secondary N) is 1. The van der Waals surface area contributed by atoms with Gasteiger partial charge >= 0.3 is 0 Å². The summed E-state index contributed by atoms with van der Waals surface area (Å²) in [5.41, 5.74) is 2.97. The zero-order valence-electron chi connectivity index (χ0n) is 15.6. The van der Waals surface area contributed by atoms with Crippen LogP contribution in [0.3, 0.4) is 0 Å². The third-order valence-corrected chi connectivity index (χ3v) is 5.33. The first-order valence-corrected chi connectivity index (χ1v) is 9.34. The Morgan fingerprint density at radius 1 is 1.23 bits per heavy atom. The summed E-state index contributed by atoms with van der Waals surface area (Å²) in [6, 6.07) is 2.20. The van der Waals surface area contributed by atoms with E-state index >= 15 is 0 Å². The SMILES string of the molecule is Cc1cc(C(=O)N2CCCC(C(=O)NC3CC3)C2)c2c(C)nn(C)c2n1. The van der Waals surface area contributed by atoms with Gasteiger partial charge < -0.3 is 10.2 Å². The summed E-state index contributed by atoms with van der Waals surface area (Å²) in [5.74, 6) is -0.0409. The topological polar surface area (TPSA) is 80.1 Å². The third-order valence-electron chi connectivity index (χ3n) is 5.33. The number of amides is 2. The normalized spacial score (nSPS) is 20.4. The average Bonchev–Trinajstić information content (AvgIpc) is 3.39. The van der Waals surface area contributed by atoms with Gasteiger partial charge in [-0.1, -0.05) is 0 Å². The number of aryl methyl sites for hydroxylation is 3. The number of likely N-dealkylation sites (tertiary alicyclic amines) is 1. The highest BCUT2D eigenvalue weighted by Crippen LogP contribution is 2.26. The van der Waals surface area contributed by atoms with E-state index in [0.29, 0.717) is 24.7 Å². The van der Waals surface area contributed by atoms with Gasteiger partial charge in [-0.15, -0.1) is 0 Å². The first-order chi connectivity index (χ1) is 12.4. The number of pyridine rings is 1. The first kappa shape index (κ1) is 17.0. The van der Waals surface area contributed by atoms with Gasteiger partial charge in [-0.25, -0.2) is 4.98 Å². The van der Waals surface area contributed by atoms with E-state index in [4.69, 9.17) is 0 Å². The van der Waals surface area contributed by atoms with Crippen molar-refractivity contribution in [2.24, 2.45) is 13.0 Å². The summed E-state index contributed by atoms with van der Waals surface area (Å²) in [6.45, 7) is 4.96. The Hall–Kier alpha value is -2.44. The smallest absolute Gasteiger partial charge is 0.254 e. The molecular formula is C19H25N5O2. The molecule has 0 aromatic carbocycles. The zero-order chi connectivity index (χ0) is 18.4. The van der Waals surface area contributed by atoms with Crippen LogP contribution in [0.4, 0.5) is 0 Å². The number of rotatable bonds is 3. The predicted molar refractivity (Wildman–Crippen MR) is 97.8 cm³/mol. The van der Waals surface area contributed by atoms with Crippen LogP contribution in [0.15, 0.2) is 6.07 Å². The molecule has 7 heteroatoms. The number of fused-ring (bicyclic) bond motifs is 1. The van der Waals surface area contributed by atoms with Crippen LogP contribution >= 0.6 is 0 Å². The third kappa shape index (κ3) is 3.06. The number of piperidine rings is 1. The molecule has 1 N–H and O–H groups in total. The minimum absolute atomic E-state index is 0.0273. The van der Waals surface area contributed by atoms with Crippen LogP contribution in [0.2, 0.25) is 0 Å². The molecule has 2 aromatic heterocycles. The van der Waals surface area contributed by atoms with Crippen molar-refractivity contribution in [3.8, 4) is 0 Å². The predicted octanol–water partition coefficient (Wildman–Crippen LogP) is 1.72. The molecule has 2 fully saturated rings. The van der Waals surface area contributed by atoms with Gasteiger partial charge in [0.15, 0.2) is 5.65 Å². The standard InChI is InChI=1S/C19H25N5O2/c1-11-9-15(16-12(2)22-23(3)17(16)20-11)19(26)24-8-4-5-13(10-24)18(25)21-14-6-7-14/h9,13-14H,4-8,10H2,1-3H3,(H,21,25). The second-order valence-electron chi connectivity index (χ2n) is 7.59. The van der Waals surface area contributed by atoms with Crippen LogP contribution in [0.5, 0.6) is 0 Å². The molecule has 7 nitrogen and oxygen atoms in total. The van der Waals surface area contributed by atoms with Gasteiger partial charge in [0.25, 0.3) is 5.91 Å². The van der Waals surface area contributed by atoms with Gasteiger partial charge in [-0.05, 0) is 45.6 Å². The van der Waals surface area contributed by atoms with Crippen molar-refractivity contribution in [3.63, 3.8) is 0 Å². The van der Waals surface area contributed by atoms with Crippen molar-refractivity contribution < 1.29 is 9.59 Å². The number of nitrogens with zero attached hydrogens (tertiary/aromatic N) is 4. The van der Waals surface area contributed by atoms with Crippen molar-refractivity contribution in [1.29, 1.82) is 0 Å². The monoisotopic (exact) mass is 355 g/mol. The quantitative estimate of drug-likeness (QED) is 0.909. The number of carbonyl (C=O) groups is 2. The summed E-state index contributed by atoms with van der Waals surface area (Å²) in [7, 11) is 1.84. The van der Waals surface area contributed by atoms with Crippen molar-refractivity contribution in [2.45, 2.75) is 45.6 Å². The fourth-order valence-corrected chi connectivity index (χ4v) is 3.83. The molecule has 1 atom stereocenters. The first-order valence-electron chi connectivity index (χ1n) is 9.34. The molecule has 1 aliphatic carbocycles. The summed E-state index contributed by atoms with van der Waals surface area (Å²) in [5, 5.41) is 8.31. The van der Waals surface area contributed by atoms with Gasteiger partial charge in [0.1, 0.15) is 0 Å². The Kier molecular flexibility index (Phi) is 4.17. The van der Waals surface area contributed by atoms with Crippen LogP contribution in [-0.4, -0.2) is 50.6 Å². The summed E-state index contributed by atoms with van der Waals surface area (Å²) >= 11 is 0. The molecule has 4 rings (SSSR count). The molecular weight excluding hydrogens is 330 g/mol. The molecule has 2 aromatic rings. The van der Waals surface area contributed by atoms with Crippen LogP contribution in [0, 0.1) is 19.8 Å². The number of hydrogen-bond acceptors (Lipinski definition) is 4. The van der Waals surface area contributed by atoms with E-state index in [-0.39, 0.29) is 17.7 Å². The number of carbonyl (C=O) groups excluding carboxylic acids is 2. The largest absolute Gasteiger partial charge is 0.353 e. The van der Waals surface area contributed by atoms with Crippen LogP contribution in [0.1, 0.15) is 47.4 Å². The molecule has 0 radical (unpaired) electrons. The highest BCUT2D eigenvalue weighted by Gasteiger charge is 2.33. The lowest BCUT2D eigenvalue weighted by atomic mass is 9.96. The van der Waals surface area contributed by atoms with E-state index in [1.54, 1.807) is 4.68 Å². The summed E-state index contributed by atoms with van der Waals surface area (Å²) in [6.07, 6.45) is 3.86. The molecule has 2 aliphatic rings. The number of hydrogen-bond donors (Lipinski definition) is 1. The Balaban J connectivity index is 1.61. The fourth-order valence-electron chi connectivity index (χ4n) is 3.83. The van der Waals surface area contributed by atoms with E-state index in [1.165, 1.54) is 0 Å². The lowest BCUT2D eigenvalue weighted by Gasteiger charge is -2.32. The van der Waals surface area contributed by atoms with Gasteiger partial charge in [0, 0.05) is 31.9 Å². The molecule has 3 heterocycles. The molecule has 1 saturated carbocycles. The van der Waals surface area contributed by atoms with Gasteiger partial charge in [-0.3, -0.25) is 14.3 Å². The van der Waals surface area contributed by atoms with E-state index in [1.807, 2.05) is 31.9 Å². The van der Waals surface area contributed by atoms with E-state index in [2.05, 4.69) is 15.4 Å². The Bertz CT molecular complexity index is 884. The molecule has 1 unspecified atom stereocenters. The molecule has 2 amide bonds. The van der Waals surface area contributed by atoms with Crippen LogP contribution in [-0.2, 0) is 11.8 Å². The maximum Gasteiger partial charge on any atom is 0.254 e. The molecule has 138 valence electrons. The lowest BCUT2D eigenvalue weighted by molar-refractivity contribution is -0.126. The van der Waals surface area contributed by atoms with E-state index < -0.39 is 0 Å². The van der Waals surface area contributed by atoms with Crippen LogP contribution in [0.25, 0.3) is 11.0 Å². The molecule has 0 bridgehead atoms. The van der Waals surface area contributed by atoms with Crippen molar-refractivity contribution in [3.05, 3.63) is 23.0 Å². The van der Waals surface area contributed by atoms with Gasteiger partial charge in [0.2, 0.25) is 5.91 Å². The highest BCUT2D eigenvalue weighted by atomic mass is 16.2. The summed E-state index contributed by atoms with van der Waals surface area (Å²) in [4.78, 5) is 32.0. The minimum Gasteiger partial charge on any atom is -0.353 e. The van der Waals surface area contributed by atoms with Crippen molar-refractivity contribution >= 4 is 22.8 Å². The maximum atomic E-state index is 13.3. The van der Waals surface area contributed by atoms with Gasteiger partial charge in [0.05, 0.1) is 22.6 Å². The molecule has 0 spiro atoms. The highest BCUT2D eigenvalue weighted by molar-refractivity contribution is 6.06. The molecule has 1 aliphatic heterocycles.